The summed E-state index contributed by atoms with van der Waals surface area (Å²) < 4.78 is 25.0. The van der Waals surface area contributed by atoms with E-state index in [1.54, 1.807) is 24.3 Å². The molecule has 0 aliphatic carbocycles. The second-order valence-electron chi connectivity index (χ2n) is 5.38. The Kier molecular flexibility index (Phi) is 3.62. The third-order valence-corrected chi connectivity index (χ3v) is 6.01. The Morgan fingerprint density at radius 1 is 1.20 bits per heavy atom. The number of halogens is 1. The zero-order chi connectivity index (χ0) is 14.3. The van der Waals surface area contributed by atoms with Crippen molar-refractivity contribution in [2.24, 2.45) is 0 Å². The lowest BCUT2D eigenvalue weighted by Gasteiger charge is -2.32. The first-order chi connectivity index (χ1) is 9.46. The number of hydrogen-bond donors (Lipinski definition) is 0. The largest absolute Gasteiger partial charge is 0.304 e. The van der Waals surface area contributed by atoms with Crippen LogP contribution in [0.5, 0.6) is 0 Å². The number of sulfone groups is 1. The fourth-order valence-corrected chi connectivity index (χ4v) is 4.48. The molecule has 0 radical (unpaired) electrons. The van der Waals surface area contributed by atoms with Crippen LogP contribution in [-0.4, -0.2) is 58.0 Å². The molecule has 1 saturated heterocycles. The number of benzene rings is 1. The standard InChI is InChI=1S/C14H17ClN2O2S/c1-16-4-6-17(7-5-16)10-13-8-11-2-3-12(15)9-14(11)20(13,18)19/h2-3,8-9H,4-7,10H2,1H3. The fourth-order valence-electron chi connectivity index (χ4n) is 2.61. The monoisotopic (exact) mass is 312 g/mol. The fraction of sp³-hybridized carbons (Fsp3) is 0.429. The molecule has 0 bridgehead atoms. The van der Waals surface area contributed by atoms with Crippen molar-refractivity contribution >= 4 is 27.5 Å². The minimum absolute atomic E-state index is 0.342. The Labute approximate surface area is 124 Å². The molecule has 0 amide bonds. The van der Waals surface area contributed by atoms with Gasteiger partial charge in [0.1, 0.15) is 0 Å². The summed E-state index contributed by atoms with van der Waals surface area (Å²) in [6.07, 6.45) is 1.78. The van der Waals surface area contributed by atoms with Gasteiger partial charge in [-0.05, 0) is 30.8 Å². The summed E-state index contributed by atoms with van der Waals surface area (Å²) >= 11 is 5.90. The first-order valence-electron chi connectivity index (χ1n) is 6.63. The molecule has 2 heterocycles. The molecular formula is C14H17ClN2O2S. The number of piperazine rings is 1. The van der Waals surface area contributed by atoms with Crippen LogP contribution in [0.3, 0.4) is 0 Å². The van der Waals surface area contributed by atoms with Gasteiger partial charge in [0.2, 0.25) is 9.84 Å². The average molecular weight is 313 g/mol. The summed E-state index contributed by atoms with van der Waals surface area (Å²) in [5.41, 5.74) is 0.749. The van der Waals surface area contributed by atoms with Gasteiger partial charge in [0.05, 0.1) is 9.80 Å². The smallest absolute Gasteiger partial charge is 0.204 e. The van der Waals surface area contributed by atoms with Gasteiger partial charge in [-0.2, -0.15) is 0 Å². The van der Waals surface area contributed by atoms with Gasteiger partial charge < -0.3 is 4.90 Å². The van der Waals surface area contributed by atoms with Crippen molar-refractivity contribution in [1.29, 1.82) is 0 Å². The molecule has 0 N–H and O–H groups in total. The Hall–Kier alpha value is -0.880. The Morgan fingerprint density at radius 3 is 2.60 bits per heavy atom. The van der Waals surface area contributed by atoms with Crippen LogP contribution < -0.4 is 0 Å². The zero-order valence-electron chi connectivity index (χ0n) is 11.3. The molecule has 0 atom stereocenters. The lowest BCUT2D eigenvalue weighted by molar-refractivity contribution is 0.166. The van der Waals surface area contributed by atoms with E-state index in [0.29, 0.717) is 21.4 Å². The molecule has 4 nitrogen and oxygen atoms in total. The number of nitrogens with zero attached hydrogens (tertiary/aromatic N) is 2. The predicted molar refractivity (Wildman–Crippen MR) is 80.6 cm³/mol. The van der Waals surface area contributed by atoms with Gasteiger partial charge in [0.15, 0.2) is 0 Å². The molecule has 0 unspecified atom stereocenters. The summed E-state index contributed by atoms with van der Waals surface area (Å²) in [4.78, 5) is 5.27. The molecule has 6 heteroatoms. The Bertz CT molecular complexity index is 662. The maximum Gasteiger partial charge on any atom is 0.204 e. The summed E-state index contributed by atoms with van der Waals surface area (Å²) in [5, 5.41) is 0.460. The first kappa shape index (κ1) is 14.1. The maximum absolute atomic E-state index is 12.5. The first-order valence-corrected chi connectivity index (χ1v) is 8.49. The SMILES string of the molecule is CN1CCN(CC2=Cc3ccc(Cl)cc3S2(=O)=O)CC1. The van der Waals surface area contributed by atoms with E-state index in [1.165, 1.54) is 0 Å². The lowest BCUT2D eigenvalue weighted by Crippen LogP contribution is -2.45. The Balaban J connectivity index is 1.83. The van der Waals surface area contributed by atoms with Crippen LogP contribution in [0.1, 0.15) is 5.56 Å². The van der Waals surface area contributed by atoms with Crippen LogP contribution in [0.2, 0.25) is 5.02 Å². The van der Waals surface area contributed by atoms with Gasteiger partial charge in [0.25, 0.3) is 0 Å². The van der Waals surface area contributed by atoms with E-state index in [0.717, 1.165) is 31.7 Å². The Morgan fingerprint density at radius 2 is 1.90 bits per heavy atom. The lowest BCUT2D eigenvalue weighted by atomic mass is 10.2. The van der Waals surface area contributed by atoms with E-state index in [1.807, 2.05) is 0 Å². The van der Waals surface area contributed by atoms with E-state index in [9.17, 15) is 8.42 Å². The molecule has 2 aliphatic rings. The zero-order valence-corrected chi connectivity index (χ0v) is 12.9. The highest BCUT2D eigenvalue weighted by Crippen LogP contribution is 2.34. The van der Waals surface area contributed by atoms with Crippen molar-refractivity contribution in [2.45, 2.75) is 4.90 Å². The second-order valence-corrected chi connectivity index (χ2v) is 7.78. The molecule has 20 heavy (non-hydrogen) atoms. The quantitative estimate of drug-likeness (QED) is 0.834. The highest BCUT2D eigenvalue weighted by atomic mass is 35.5. The molecule has 1 aromatic carbocycles. The van der Waals surface area contributed by atoms with Gasteiger partial charge in [-0.25, -0.2) is 8.42 Å². The number of rotatable bonds is 2. The van der Waals surface area contributed by atoms with E-state index in [4.69, 9.17) is 11.6 Å². The second kappa shape index (κ2) is 5.15. The van der Waals surface area contributed by atoms with E-state index in [-0.39, 0.29) is 0 Å². The van der Waals surface area contributed by atoms with Crippen molar-refractivity contribution in [3.8, 4) is 0 Å². The van der Waals surface area contributed by atoms with Crippen LogP contribution >= 0.6 is 11.6 Å². The average Bonchev–Trinajstić information content (AvgIpc) is 2.65. The molecule has 108 valence electrons. The van der Waals surface area contributed by atoms with Gasteiger partial charge >= 0.3 is 0 Å². The minimum atomic E-state index is -3.36. The molecule has 3 rings (SSSR count). The maximum atomic E-state index is 12.5. The van der Waals surface area contributed by atoms with Gasteiger partial charge in [-0.1, -0.05) is 17.7 Å². The van der Waals surface area contributed by atoms with Crippen LogP contribution in [0.4, 0.5) is 0 Å². The number of fused-ring (bicyclic) bond motifs is 1. The van der Waals surface area contributed by atoms with E-state index >= 15 is 0 Å². The van der Waals surface area contributed by atoms with Gasteiger partial charge in [-0.3, -0.25) is 4.90 Å². The van der Waals surface area contributed by atoms with Crippen molar-refractivity contribution in [3.63, 3.8) is 0 Å². The van der Waals surface area contributed by atoms with Gasteiger partial charge in [0, 0.05) is 37.7 Å². The highest BCUT2D eigenvalue weighted by Gasteiger charge is 2.31. The third-order valence-electron chi connectivity index (χ3n) is 3.90. The normalized spacial score (nSPS) is 22.6. The van der Waals surface area contributed by atoms with Crippen LogP contribution in [0, 0.1) is 0 Å². The highest BCUT2D eigenvalue weighted by molar-refractivity contribution is 7.95. The number of likely N-dealkylation sites (N-methyl/N-ethyl adjacent to an activating group) is 1. The van der Waals surface area contributed by atoms with Gasteiger partial charge in [-0.15, -0.1) is 0 Å². The van der Waals surface area contributed by atoms with Crippen molar-refractivity contribution in [3.05, 3.63) is 33.7 Å². The van der Waals surface area contributed by atoms with E-state index in [2.05, 4.69) is 16.8 Å². The summed E-state index contributed by atoms with van der Waals surface area (Å²) in [6, 6.07) is 5.04. The summed E-state index contributed by atoms with van der Waals surface area (Å²) in [5.74, 6) is 0. The molecule has 2 aliphatic heterocycles. The minimum Gasteiger partial charge on any atom is -0.304 e. The van der Waals surface area contributed by atoms with Crippen molar-refractivity contribution in [1.82, 2.24) is 9.80 Å². The molecule has 1 fully saturated rings. The van der Waals surface area contributed by atoms with Crippen molar-refractivity contribution in [2.75, 3.05) is 39.8 Å². The van der Waals surface area contributed by atoms with Crippen LogP contribution in [0.15, 0.2) is 28.0 Å². The van der Waals surface area contributed by atoms with Crippen LogP contribution in [-0.2, 0) is 9.84 Å². The topological polar surface area (TPSA) is 40.6 Å². The molecule has 0 spiro atoms. The third kappa shape index (κ3) is 2.51. The molecule has 0 aromatic heterocycles. The molecular weight excluding hydrogens is 296 g/mol. The molecule has 0 saturated carbocycles. The molecule has 1 aromatic rings. The number of hydrogen-bond acceptors (Lipinski definition) is 4. The van der Waals surface area contributed by atoms with E-state index < -0.39 is 9.84 Å². The van der Waals surface area contributed by atoms with Crippen molar-refractivity contribution < 1.29 is 8.42 Å². The summed E-state index contributed by atoms with van der Waals surface area (Å²) in [6.45, 7) is 4.25. The summed E-state index contributed by atoms with van der Waals surface area (Å²) in [7, 11) is -1.28. The predicted octanol–water partition coefficient (Wildman–Crippen LogP) is 1.72. The van der Waals surface area contributed by atoms with Crippen LogP contribution in [0.25, 0.3) is 6.08 Å².